The zero-order valence-corrected chi connectivity index (χ0v) is 25.8. The smallest absolute Gasteiger partial charge is 0.457 e. The van der Waals surface area contributed by atoms with Gasteiger partial charge in [-0.3, -0.25) is 9.69 Å². The van der Waals surface area contributed by atoms with Gasteiger partial charge in [-0.25, -0.2) is 14.4 Å². The van der Waals surface area contributed by atoms with Gasteiger partial charge in [0.25, 0.3) is 0 Å². The maximum atomic E-state index is 13.2. The highest BCUT2D eigenvalue weighted by molar-refractivity contribution is 6.45. The maximum absolute atomic E-state index is 13.2. The lowest BCUT2D eigenvalue weighted by Gasteiger charge is -2.35. The van der Waals surface area contributed by atoms with Gasteiger partial charge in [0.15, 0.2) is 0 Å². The molecule has 228 valence electrons. The van der Waals surface area contributed by atoms with Crippen molar-refractivity contribution in [2.45, 2.75) is 135 Å². The minimum absolute atomic E-state index is 0.00373. The summed E-state index contributed by atoms with van der Waals surface area (Å²) in [5.41, 5.74) is -4.04. The molecule has 3 amide bonds. The van der Waals surface area contributed by atoms with Crippen LogP contribution in [0, 0.1) is 0 Å². The number of ether oxygens (including phenoxy) is 2. The van der Waals surface area contributed by atoms with Gasteiger partial charge in [0.05, 0.1) is 11.2 Å². The fourth-order valence-corrected chi connectivity index (χ4v) is 4.74. The van der Waals surface area contributed by atoms with Gasteiger partial charge < -0.3 is 34.5 Å². The van der Waals surface area contributed by atoms with E-state index in [0.717, 1.165) is 0 Å². The van der Waals surface area contributed by atoms with Gasteiger partial charge in [-0.2, -0.15) is 0 Å². The Labute approximate surface area is 238 Å². The Hall–Kier alpha value is -2.54. The molecule has 13 heteroatoms. The van der Waals surface area contributed by atoms with Crippen molar-refractivity contribution in [1.82, 2.24) is 15.5 Å². The van der Waals surface area contributed by atoms with Gasteiger partial charge in [0.2, 0.25) is 5.91 Å². The van der Waals surface area contributed by atoms with E-state index in [4.69, 9.17) is 18.8 Å². The molecule has 12 nitrogen and oxygen atoms in total. The molecule has 2 rings (SSSR count). The second kappa shape index (κ2) is 12.1. The topological polar surface area (TPSA) is 153 Å². The minimum Gasteiger partial charge on any atom is -0.479 e. The van der Waals surface area contributed by atoms with Gasteiger partial charge in [-0.15, -0.1) is 0 Å². The summed E-state index contributed by atoms with van der Waals surface area (Å²) < 4.78 is 22.8. The van der Waals surface area contributed by atoms with Crippen molar-refractivity contribution >= 4 is 31.2 Å². The van der Waals surface area contributed by atoms with Crippen LogP contribution in [0.5, 0.6) is 0 Å². The zero-order valence-electron chi connectivity index (χ0n) is 25.8. The van der Waals surface area contributed by atoms with Crippen molar-refractivity contribution in [2.24, 2.45) is 0 Å². The van der Waals surface area contributed by atoms with E-state index >= 15 is 0 Å². The molecule has 0 aromatic heterocycles. The van der Waals surface area contributed by atoms with Crippen molar-refractivity contribution in [3.05, 3.63) is 0 Å². The standard InChI is InChI=1S/C27H48BN3O9/c1-23(2,3)37-21(35)29-16-19(32)30-18-15-27(20(33)34,31(17-18)22(36)38-24(4,5)6)13-11-12-14-28-39-25(7,8)26(9,10)40-28/h18H,11-17H2,1-10H3,(H,29,35)(H,30,32)(H,33,34). The van der Waals surface area contributed by atoms with Crippen molar-refractivity contribution in [2.75, 3.05) is 13.1 Å². The number of carbonyl (C=O) groups excluding carboxylic acids is 3. The SMILES string of the molecule is CC(C)(C)OC(=O)NCC(=O)NC1CN(C(=O)OC(C)(C)C)C(CCCCB2OC(C)(C)C(C)(C)O2)(C(=O)O)C1. The molecule has 0 bridgehead atoms. The summed E-state index contributed by atoms with van der Waals surface area (Å²) in [4.78, 5) is 51.6. The largest absolute Gasteiger partial charge is 0.479 e. The lowest BCUT2D eigenvalue weighted by Crippen LogP contribution is -2.54. The third kappa shape index (κ3) is 8.99. The highest BCUT2D eigenvalue weighted by Crippen LogP contribution is 2.39. The van der Waals surface area contributed by atoms with E-state index in [9.17, 15) is 24.3 Å². The molecular formula is C27H48BN3O9. The number of alkyl carbamates (subject to hydrolysis) is 1. The molecule has 2 heterocycles. The molecule has 2 saturated heterocycles. The molecule has 2 unspecified atom stereocenters. The Morgan fingerprint density at radius 1 is 0.950 bits per heavy atom. The molecule has 0 aliphatic carbocycles. The first-order chi connectivity index (χ1) is 18.1. The predicted octanol–water partition coefficient (Wildman–Crippen LogP) is 3.72. The highest BCUT2D eigenvalue weighted by Gasteiger charge is 2.55. The predicted molar refractivity (Wildman–Crippen MR) is 149 cm³/mol. The molecule has 0 radical (unpaired) electrons. The van der Waals surface area contributed by atoms with Crippen molar-refractivity contribution < 1.29 is 43.1 Å². The molecule has 2 aliphatic rings. The highest BCUT2D eigenvalue weighted by atomic mass is 16.7. The second-order valence-electron chi connectivity index (χ2n) is 13.7. The summed E-state index contributed by atoms with van der Waals surface area (Å²) in [5, 5.41) is 15.5. The van der Waals surface area contributed by atoms with Crippen LogP contribution in [0.1, 0.15) is 94.9 Å². The minimum atomic E-state index is -1.57. The van der Waals surface area contributed by atoms with Crippen LogP contribution in [0.4, 0.5) is 9.59 Å². The van der Waals surface area contributed by atoms with Crippen LogP contribution < -0.4 is 10.6 Å². The third-order valence-electron chi connectivity index (χ3n) is 7.26. The van der Waals surface area contributed by atoms with E-state index in [1.165, 1.54) is 4.90 Å². The van der Waals surface area contributed by atoms with Crippen LogP contribution in [-0.4, -0.2) is 88.3 Å². The molecule has 0 spiro atoms. The van der Waals surface area contributed by atoms with Crippen molar-refractivity contribution in [3.8, 4) is 0 Å². The number of carboxylic acids is 1. The maximum Gasteiger partial charge on any atom is 0.457 e. The van der Waals surface area contributed by atoms with Gasteiger partial charge in [-0.1, -0.05) is 12.8 Å². The molecule has 2 aliphatic heterocycles. The number of unbranched alkanes of at least 4 members (excludes halogenated alkanes) is 1. The van der Waals surface area contributed by atoms with Crippen LogP contribution in [0.2, 0.25) is 6.32 Å². The summed E-state index contributed by atoms with van der Waals surface area (Å²) >= 11 is 0. The Bertz CT molecular complexity index is 942. The van der Waals surface area contributed by atoms with Crippen LogP contribution >= 0.6 is 0 Å². The van der Waals surface area contributed by atoms with Crippen LogP contribution in [0.3, 0.4) is 0 Å². The van der Waals surface area contributed by atoms with E-state index in [2.05, 4.69) is 10.6 Å². The van der Waals surface area contributed by atoms with Gasteiger partial charge in [0.1, 0.15) is 23.3 Å². The fourth-order valence-electron chi connectivity index (χ4n) is 4.74. The van der Waals surface area contributed by atoms with E-state index in [-0.39, 0.29) is 25.9 Å². The quantitative estimate of drug-likeness (QED) is 0.279. The number of hydrogen-bond acceptors (Lipinski definition) is 8. The molecule has 0 aromatic rings. The normalized spacial score (nSPS) is 24.0. The molecule has 0 saturated carbocycles. The number of amides is 3. The molecular weight excluding hydrogens is 521 g/mol. The van der Waals surface area contributed by atoms with E-state index in [1.807, 2.05) is 27.7 Å². The Kier molecular flexibility index (Phi) is 10.2. The molecule has 40 heavy (non-hydrogen) atoms. The molecule has 2 fully saturated rings. The van der Waals surface area contributed by atoms with Gasteiger partial charge >= 0.3 is 25.3 Å². The van der Waals surface area contributed by atoms with Crippen LogP contribution in [0.15, 0.2) is 0 Å². The summed E-state index contributed by atoms with van der Waals surface area (Å²) in [5.74, 6) is -1.69. The first kappa shape index (κ1) is 33.7. The van der Waals surface area contributed by atoms with Crippen molar-refractivity contribution in [3.63, 3.8) is 0 Å². The van der Waals surface area contributed by atoms with E-state index < -0.39 is 65.2 Å². The molecule has 2 atom stereocenters. The number of carboxylic acid groups (broad SMARTS) is 1. The first-order valence-corrected chi connectivity index (χ1v) is 13.9. The second-order valence-corrected chi connectivity index (χ2v) is 13.7. The zero-order chi connectivity index (χ0) is 30.7. The summed E-state index contributed by atoms with van der Waals surface area (Å²) in [6.07, 6.45) is 0.322. The van der Waals surface area contributed by atoms with Gasteiger partial charge in [0, 0.05) is 19.0 Å². The summed E-state index contributed by atoms with van der Waals surface area (Å²) in [7, 11) is -0.402. The molecule has 3 N–H and O–H groups in total. The van der Waals surface area contributed by atoms with Crippen molar-refractivity contribution in [1.29, 1.82) is 0 Å². The third-order valence-corrected chi connectivity index (χ3v) is 7.26. The number of carbonyl (C=O) groups is 4. The van der Waals surface area contributed by atoms with Crippen LogP contribution in [0.25, 0.3) is 0 Å². The number of rotatable bonds is 9. The summed E-state index contributed by atoms with van der Waals surface area (Å²) in [6.45, 7) is 17.7. The van der Waals surface area contributed by atoms with E-state index in [0.29, 0.717) is 19.2 Å². The average Bonchev–Trinajstić information content (AvgIpc) is 3.21. The average molecular weight is 570 g/mol. The number of hydrogen-bond donors (Lipinski definition) is 3. The number of likely N-dealkylation sites (tertiary alicyclic amines) is 1. The Morgan fingerprint density at radius 2 is 1.50 bits per heavy atom. The lowest BCUT2D eigenvalue weighted by molar-refractivity contribution is -0.150. The monoisotopic (exact) mass is 569 g/mol. The van der Waals surface area contributed by atoms with Gasteiger partial charge in [-0.05, 0) is 82.0 Å². The molecule has 0 aromatic carbocycles. The number of nitrogens with one attached hydrogen (secondary N) is 2. The Balaban J connectivity index is 2.08. The summed E-state index contributed by atoms with van der Waals surface area (Å²) in [6, 6.07) is -0.653. The number of aliphatic carboxylic acids is 1. The van der Waals surface area contributed by atoms with E-state index in [1.54, 1.807) is 41.5 Å². The lowest BCUT2D eigenvalue weighted by atomic mass is 9.80. The Morgan fingerprint density at radius 3 is 2.00 bits per heavy atom. The first-order valence-electron chi connectivity index (χ1n) is 13.9. The van der Waals surface area contributed by atoms with Crippen LogP contribution in [-0.2, 0) is 28.4 Å². The fraction of sp³-hybridized carbons (Fsp3) is 0.852. The number of nitrogens with zero attached hydrogens (tertiary/aromatic N) is 1.